The first-order valence-electron chi connectivity index (χ1n) is 15.2. The van der Waals surface area contributed by atoms with Crippen LogP contribution in [0.5, 0.6) is 0 Å². The molecule has 4 aromatic rings. The van der Waals surface area contributed by atoms with E-state index >= 15 is 0 Å². The number of aromatic nitrogens is 2. The number of nitrogens with zero attached hydrogens (tertiary/aromatic N) is 4. The number of rotatable bonds is 7. The van der Waals surface area contributed by atoms with Crippen LogP contribution >= 0.6 is 11.3 Å². The van der Waals surface area contributed by atoms with Gasteiger partial charge in [-0.05, 0) is 104 Å². The van der Waals surface area contributed by atoms with Gasteiger partial charge in [-0.2, -0.15) is 0 Å². The number of Topliss-reactive ketones (excluding diaryl/α,β-unsaturated/α-hetero) is 1. The lowest BCUT2D eigenvalue weighted by Crippen LogP contribution is -2.44. The first kappa shape index (κ1) is 28.0. The molecule has 2 aromatic heterocycles. The van der Waals surface area contributed by atoms with Crippen LogP contribution in [-0.2, 0) is 13.5 Å². The van der Waals surface area contributed by atoms with Gasteiger partial charge >= 0.3 is 0 Å². The fourth-order valence-electron chi connectivity index (χ4n) is 6.77. The van der Waals surface area contributed by atoms with Crippen molar-refractivity contribution in [3.63, 3.8) is 0 Å². The summed E-state index contributed by atoms with van der Waals surface area (Å²) in [6.45, 7) is 4.02. The molecule has 3 aliphatic carbocycles. The van der Waals surface area contributed by atoms with Crippen LogP contribution in [-0.4, -0.2) is 53.5 Å². The van der Waals surface area contributed by atoms with Crippen LogP contribution < -0.4 is 15.8 Å². The number of benzene rings is 2. The largest absolute Gasteiger partial charge is 0.369 e. The summed E-state index contributed by atoms with van der Waals surface area (Å²) in [4.78, 5) is 37.7. The Morgan fingerprint density at radius 3 is 2.42 bits per heavy atom. The van der Waals surface area contributed by atoms with E-state index in [9.17, 15) is 14.0 Å². The highest BCUT2D eigenvalue weighted by atomic mass is 32.1. The van der Waals surface area contributed by atoms with Crippen LogP contribution in [0.3, 0.4) is 0 Å². The molecule has 43 heavy (non-hydrogen) atoms. The topological polar surface area (TPSA) is 70.5 Å². The van der Waals surface area contributed by atoms with E-state index in [1.54, 1.807) is 36.7 Å². The Labute approximate surface area is 255 Å². The number of likely N-dealkylation sites (N-methyl/N-ethyl adjacent to an activating group) is 1. The van der Waals surface area contributed by atoms with Crippen molar-refractivity contribution in [3.8, 4) is 11.3 Å². The molecule has 2 aromatic carbocycles. The van der Waals surface area contributed by atoms with E-state index in [4.69, 9.17) is 0 Å². The second kappa shape index (κ2) is 11.4. The van der Waals surface area contributed by atoms with Crippen LogP contribution in [0.25, 0.3) is 11.3 Å². The third-order valence-corrected chi connectivity index (χ3v) is 10.7. The van der Waals surface area contributed by atoms with E-state index < -0.39 is 5.82 Å². The average Bonchev–Trinajstić information content (AvgIpc) is 3.50. The first-order chi connectivity index (χ1) is 20.8. The minimum Gasteiger partial charge on any atom is -0.369 e. The van der Waals surface area contributed by atoms with E-state index in [2.05, 4.69) is 45.3 Å². The zero-order valence-electron chi connectivity index (χ0n) is 24.6. The number of fused-ring (bicyclic) bond motifs is 2. The highest BCUT2D eigenvalue weighted by Crippen LogP contribution is 2.52. The van der Waals surface area contributed by atoms with Gasteiger partial charge in [-0.25, -0.2) is 9.37 Å². The van der Waals surface area contributed by atoms with E-state index in [1.165, 1.54) is 46.8 Å². The number of anilines is 3. The van der Waals surface area contributed by atoms with Crippen molar-refractivity contribution < 1.29 is 9.18 Å². The van der Waals surface area contributed by atoms with Gasteiger partial charge in [0.2, 0.25) is 0 Å². The summed E-state index contributed by atoms with van der Waals surface area (Å²) in [7, 11) is 3.81. The summed E-state index contributed by atoms with van der Waals surface area (Å²) in [5.74, 6) is 0.882. The second-order valence-corrected chi connectivity index (χ2v) is 13.3. The first-order valence-corrected chi connectivity index (χ1v) is 16.0. The van der Waals surface area contributed by atoms with Crippen LogP contribution in [0.2, 0.25) is 0 Å². The molecule has 7 nitrogen and oxygen atoms in total. The number of ketones is 1. The molecule has 4 aliphatic rings. The third-order valence-electron chi connectivity index (χ3n) is 9.37. The molecule has 0 atom stereocenters. The number of nitrogens with one attached hydrogen (secondary N) is 1. The van der Waals surface area contributed by atoms with Crippen LogP contribution in [0.15, 0.2) is 59.5 Å². The molecule has 1 saturated carbocycles. The monoisotopic (exact) mass is 597 g/mol. The number of carbonyl (C=O) groups excluding carboxylic acids is 1. The number of carbonyl (C=O) groups is 1. The molecule has 1 saturated heterocycles. The molecule has 3 heterocycles. The summed E-state index contributed by atoms with van der Waals surface area (Å²) in [6, 6.07) is 14.8. The summed E-state index contributed by atoms with van der Waals surface area (Å²) in [5, 5.41) is 3.18. The predicted octanol–water partition coefficient (Wildman–Crippen LogP) is 6.32. The number of hydrogen-bond acceptors (Lipinski definition) is 7. The smallest absolute Gasteiger partial charge is 0.293 e. The van der Waals surface area contributed by atoms with E-state index in [0.717, 1.165) is 42.4 Å². The molecule has 1 aliphatic heterocycles. The van der Waals surface area contributed by atoms with Crippen molar-refractivity contribution in [2.75, 3.05) is 43.4 Å². The van der Waals surface area contributed by atoms with Gasteiger partial charge < -0.3 is 19.7 Å². The average molecular weight is 598 g/mol. The lowest BCUT2D eigenvalue weighted by molar-refractivity contribution is 0.0995. The van der Waals surface area contributed by atoms with Gasteiger partial charge in [0, 0.05) is 67.7 Å². The summed E-state index contributed by atoms with van der Waals surface area (Å²) in [6.07, 6.45) is 6.49. The van der Waals surface area contributed by atoms with Gasteiger partial charge in [0.15, 0.2) is 11.6 Å². The van der Waals surface area contributed by atoms with Crippen LogP contribution in [0.1, 0.15) is 63.2 Å². The number of piperazine rings is 1. The Morgan fingerprint density at radius 1 is 0.977 bits per heavy atom. The van der Waals surface area contributed by atoms with Crippen molar-refractivity contribution in [1.29, 1.82) is 0 Å². The fraction of sp³-hybridized carbons (Fsp3) is 0.382. The van der Waals surface area contributed by atoms with Crippen molar-refractivity contribution in [3.05, 3.63) is 91.8 Å². The van der Waals surface area contributed by atoms with Gasteiger partial charge in [-0.1, -0.05) is 0 Å². The van der Waals surface area contributed by atoms with E-state index in [0.29, 0.717) is 28.7 Å². The Morgan fingerprint density at radius 2 is 1.70 bits per heavy atom. The molecule has 0 radical (unpaired) electrons. The van der Waals surface area contributed by atoms with Gasteiger partial charge in [0.05, 0.1) is 10.6 Å². The van der Waals surface area contributed by atoms with E-state index in [1.807, 2.05) is 12.1 Å². The quantitative estimate of drug-likeness (QED) is 0.251. The molecular weight excluding hydrogens is 561 g/mol. The van der Waals surface area contributed by atoms with Crippen molar-refractivity contribution >= 4 is 34.3 Å². The predicted molar refractivity (Wildman–Crippen MR) is 171 cm³/mol. The van der Waals surface area contributed by atoms with Gasteiger partial charge in [0.1, 0.15) is 5.82 Å². The molecule has 1 N–H and O–H groups in total. The molecule has 222 valence electrons. The molecule has 0 spiro atoms. The maximum atomic E-state index is 15.0. The summed E-state index contributed by atoms with van der Waals surface area (Å²) in [5.41, 5.74) is 4.51. The fourth-order valence-corrected chi connectivity index (χ4v) is 8.13. The Bertz CT molecular complexity index is 1700. The van der Waals surface area contributed by atoms with Gasteiger partial charge in [-0.15, -0.1) is 11.3 Å². The number of halogens is 1. The second-order valence-electron chi connectivity index (χ2n) is 12.2. The SMILES string of the molecule is CN1CCN(c2ccc(Nc3nc(-c4ccc(F)c(CC(=O)c5cc6c(s5)C5CCC6CC5)c4)cn(C)c3=O)cc2)CC1. The van der Waals surface area contributed by atoms with E-state index in [-0.39, 0.29) is 23.6 Å². The minimum absolute atomic E-state index is 0.00900. The minimum atomic E-state index is -0.415. The molecule has 8 rings (SSSR count). The maximum Gasteiger partial charge on any atom is 0.293 e. The Balaban J connectivity index is 1.10. The summed E-state index contributed by atoms with van der Waals surface area (Å²) >= 11 is 1.61. The number of aryl methyl sites for hydroxylation is 1. The Kier molecular flexibility index (Phi) is 7.39. The highest BCUT2D eigenvalue weighted by molar-refractivity contribution is 7.14. The zero-order valence-corrected chi connectivity index (χ0v) is 25.4. The number of thiophene rings is 1. The van der Waals surface area contributed by atoms with Gasteiger partial charge in [-0.3, -0.25) is 9.59 Å². The maximum absolute atomic E-state index is 15.0. The lowest BCUT2D eigenvalue weighted by atomic mass is 9.71. The molecule has 0 amide bonds. The highest BCUT2D eigenvalue weighted by Gasteiger charge is 2.35. The molecule has 9 heteroatoms. The van der Waals surface area contributed by atoms with Crippen molar-refractivity contribution in [2.45, 2.75) is 43.9 Å². The Hall–Kier alpha value is -3.82. The normalized spacial score (nSPS) is 19.8. The lowest BCUT2D eigenvalue weighted by Gasteiger charge is -2.35. The van der Waals surface area contributed by atoms with Gasteiger partial charge in [0.25, 0.3) is 5.56 Å². The van der Waals surface area contributed by atoms with Crippen molar-refractivity contribution in [1.82, 2.24) is 14.5 Å². The van der Waals surface area contributed by atoms with Crippen LogP contribution in [0.4, 0.5) is 21.6 Å². The van der Waals surface area contributed by atoms with Crippen molar-refractivity contribution in [2.24, 2.45) is 7.05 Å². The van der Waals surface area contributed by atoms with Crippen LogP contribution in [0, 0.1) is 5.82 Å². The number of hydrogen-bond donors (Lipinski definition) is 1. The molecule has 2 fully saturated rings. The molecular formula is C34H36FN5O2S. The zero-order chi connectivity index (χ0) is 29.7. The third kappa shape index (κ3) is 5.52. The molecule has 2 bridgehead atoms. The molecule has 0 unspecified atom stereocenters. The standard InChI is InChI=1S/C34H36FN5O2S/c1-38-13-15-40(16-14-38)26-10-8-25(9-11-26)36-33-34(42)39(2)20-29(37-33)23-7-12-28(35)24(17-23)18-30(41)31-19-27-21-3-5-22(6-4-21)32(27)43-31/h7-12,17,19-22H,3-6,13-16,18H2,1-2H3,(H,36,37). The summed E-state index contributed by atoms with van der Waals surface area (Å²) < 4.78 is 16.5.